The number of rotatable bonds is 13. The highest BCUT2D eigenvalue weighted by Crippen LogP contribution is 2.43. The lowest BCUT2D eigenvalue weighted by molar-refractivity contribution is -0.384. The van der Waals surface area contributed by atoms with Gasteiger partial charge in [0.1, 0.15) is 11.2 Å². The van der Waals surface area contributed by atoms with E-state index in [9.17, 15) is 31.7 Å². The van der Waals surface area contributed by atoms with E-state index in [4.69, 9.17) is 11.6 Å². The highest BCUT2D eigenvalue weighted by Gasteiger charge is 2.31. The van der Waals surface area contributed by atoms with Crippen LogP contribution in [-0.4, -0.2) is 115 Å². The summed E-state index contributed by atoms with van der Waals surface area (Å²) in [6, 6.07) is 20.6. The standard InChI is InChI=1S/C47H53ClN10O7S2/c1-47(2)16-12-34(39(27-47)32-4-6-35(48)7-5-32)30-54-20-22-55(23-21-54)36-8-10-38(42(25-36)57-43-24-33-13-17-49-45(33)52-41(43)29-51-57)46(59)53-67(64,65)37-9-11-40(44(26-37)58(60)61)50-28-31-14-18-56(19-15-31)66(3,62)63/h4-11,13,17,24-26,29,31,50-51H,12,14-16,18-23,27-28,30H2,1-3H3,(H,53,59). The van der Waals surface area contributed by atoms with Crippen molar-refractivity contribution in [1.82, 2.24) is 33.7 Å². The number of sulfonamides is 2. The van der Waals surface area contributed by atoms with E-state index in [0.29, 0.717) is 54.8 Å². The van der Waals surface area contributed by atoms with Gasteiger partial charge in [-0.2, -0.15) is 0 Å². The summed E-state index contributed by atoms with van der Waals surface area (Å²) in [5.41, 5.74) is 6.96. The lowest BCUT2D eigenvalue weighted by Gasteiger charge is -2.39. The number of aromatic nitrogens is 4. The molecule has 6 aromatic rings. The molecule has 3 aliphatic rings. The van der Waals surface area contributed by atoms with Gasteiger partial charge >= 0.3 is 0 Å². The number of hydrogen-bond acceptors (Lipinski definition) is 12. The minimum atomic E-state index is -4.62. The average Bonchev–Trinajstić information content (AvgIpc) is 3.94. The van der Waals surface area contributed by atoms with Crippen molar-refractivity contribution in [3.8, 4) is 5.69 Å². The van der Waals surface area contributed by atoms with E-state index >= 15 is 0 Å². The molecule has 0 spiro atoms. The number of carbonyl (C=O) groups excluding carboxylic acids is 1. The number of H-pyrrole nitrogens is 1. The predicted molar refractivity (Wildman–Crippen MR) is 261 cm³/mol. The van der Waals surface area contributed by atoms with Crippen LogP contribution in [0.15, 0.2) is 95.7 Å². The molecule has 17 nitrogen and oxygen atoms in total. The smallest absolute Gasteiger partial charge is 0.293 e. The number of allylic oxidation sites excluding steroid dienone is 1. The lowest BCUT2D eigenvalue weighted by Crippen LogP contribution is -2.47. The Morgan fingerprint density at radius 2 is 1.70 bits per heavy atom. The first-order chi connectivity index (χ1) is 31.9. The predicted octanol–water partition coefficient (Wildman–Crippen LogP) is 7.45. The van der Waals surface area contributed by atoms with E-state index in [1.807, 2.05) is 36.4 Å². The molecule has 2 aliphatic heterocycles. The van der Waals surface area contributed by atoms with Crippen molar-refractivity contribution in [3.63, 3.8) is 0 Å². The van der Waals surface area contributed by atoms with Crippen LogP contribution in [0.25, 0.3) is 33.3 Å². The Bertz CT molecular complexity index is 3140. The maximum absolute atomic E-state index is 14.2. The van der Waals surface area contributed by atoms with E-state index in [1.165, 1.54) is 39.4 Å². The van der Waals surface area contributed by atoms with E-state index < -0.39 is 41.5 Å². The molecule has 9 rings (SSSR count). The molecule has 20 heteroatoms. The number of pyridine rings is 1. The number of fused-ring (bicyclic) bond motifs is 2. The number of carbonyl (C=O) groups is 1. The first-order valence-electron chi connectivity index (χ1n) is 22.4. The molecule has 0 saturated carbocycles. The van der Waals surface area contributed by atoms with Gasteiger partial charge in [-0.15, -0.1) is 0 Å². The van der Waals surface area contributed by atoms with Gasteiger partial charge in [0.15, 0.2) is 5.65 Å². The Morgan fingerprint density at radius 3 is 2.42 bits per heavy atom. The lowest BCUT2D eigenvalue weighted by atomic mass is 9.72. The maximum Gasteiger partial charge on any atom is 0.293 e. The molecule has 3 N–H and O–H groups in total. The Hall–Kier alpha value is -5.86. The molecule has 0 radical (unpaired) electrons. The van der Waals surface area contributed by atoms with Gasteiger partial charge in [-0.1, -0.05) is 43.2 Å². The number of piperazine rings is 1. The molecular formula is C47H53ClN10O7S2. The SMILES string of the molecule is CC1(C)CCC(CN2CCN(c3ccc(C(=O)NS(=O)(=O)c4ccc(NCC5CCN(S(C)(=O)=O)CC5)c([N+](=O)[O-])c4)c(-n4[nH]cc5nc6nccc6cc54)c3)CC2)=C(c2ccc(Cl)cc2)C1. The summed E-state index contributed by atoms with van der Waals surface area (Å²) in [6.07, 6.45) is 8.83. The summed E-state index contributed by atoms with van der Waals surface area (Å²) in [6.45, 7) is 9.62. The fraction of sp³-hybridized carbons (Fsp3) is 0.383. The summed E-state index contributed by atoms with van der Waals surface area (Å²) in [5.74, 6) is -0.883. The first-order valence-corrected chi connectivity index (χ1v) is 26.1. The van der Waals surface area contributed by atoms with Crippen LogP contribution >= 0.6 is 11.6 Å². The van der Waals surface area contributed by atoms with Crippen LogP contribution in [-0.2, 0) is 20.0 Å². The number of anilines is 2. The van der Waals surface area contributed by atoms with Crippen molar-refractivity contribution in [3.05, 3.63) is 117 Å². The second-order valence-electron chi connectivity index (χ2n) is 18.6. The number of benzene rings is 3. The van der Waals surface area contributed by atoms with Crippen LogP contribution in [0.5, 0.6) is 0 Å². The van der Waals surface area contributed by atoms with Gasteiger partial charge in [0, 0.05) is 86.9 Å². The van der Waals surface area contributed by atoms with Crippen LogP contribution in [0.4, 0.5) is 17.1 Å². The van der Waals surface area contributed by atoms with Crippen molar-refractivity contribution in [2.24, 2.45) is 11.3 Å². The van der Waals surface area contributed by atoms with Crippen LogP contribution in [0, 0.1) is 21.4 Å². The topological polar surface area (TPSA) is 209 Å². The van der Waals surface area contributed by atoms with E-state index in [-0.39, 0.29) is 22.6 Å². The zero-order valence-corrected chi connectivity index (χ0v) is 39.9. The van der Waals surface area contributed by atoms with Crippen LogP contribution in [0.2, 0.25) is 5.02 Å². The second-order valence-corrected chi connectivity index (χ2v) is 22.7. The number of aromatic amines is 1. The van der Waals surface area contributed by atoms with E-state index in [0.717, 1.165) is 74.1 Å². The zero-order chi connectivity index (χ0) is 47.3. The van der Waals surface area contributed by atoms with Crippen molar-refractivity contribution in [1.29, 1.82) is 0 Å². The quantitative estimate of drug-likeness (QED) is 0.0762. The summed E-state index contributed by atoms with van der Waals surface area (Å²) >= 11 is 6.26. The van der Waals surface area contributed by atoms with E-state index in [2.05, 4.69) is 60.9 Å². The van der Waals surface area contributed by atoms with Crippen molar-refractivity contribution in [2.45, 2.75) is 50.8 Å². The van der Waals surface area contributed by atoms with Gasteiger partial charge in [-0.05, 0) is 109 Å². The summed E-state index contributed by atoms with van der Waals surface area (Å²) < 4.78 is 56.9. The zero-order valence-electron chi connectivity index (χ0n) is 37.5. The highest BCUT2D eigenvalue weighted by molar-refractivity contribution is 7.90. The van der Waals surface area contributed by atoms with Gasteiger partial charge < -0.3 is 10.2 Å². The Morgan fingerprint density at radius 1 is 0.955 bits per heavy atom. The van der Waals surface area contributed by atoms with Crippen LogP contribution < -0.4 is 14.9 Å². The molecule has 67 heavy (non-hydrogen) atoms. The molecule has 0 unspecified atom stereocenters. The molecule has 0 atom stereocenters. The number of hydrogen-bond donors (Lipinski definition) is 3. The molecule has 5 heterocycles. The van der Waals surface area contributed by atoms with Gasteiger partial charge in [-0.3, -0.25) is 29.6 Å². The molecule has 352 valence electrons. The third kappa shape index (κ3) is 10.1. The Labute approximate surface area is 394 Å². The van der Waals surface area contributed by atoms with Gasteiger partial charge in [0.25, 0.3) is 21.6 Å². The average molecular weight is 970 g/mol. The number of nitrogens with one attached hydrogen (secondary N) is 3. The fourth-order valence-electron chi connectivity index (χ4n) is 9.52. The third-order valence-corrected chi connectivity index (χ3v) is 16.3. The van der Waals surface area contributed by atoms with Crippen molar-refractivity contribution >= 4 is 82.3 Å². The third-order valence-electron chi connectivity index (χ3n) is 13.4. The fourth-order valence-corrected chi connectivity index (χ4v) is 11.5. The van der Waals surface area contributed by atoms with Crippen molar-refractivity contribution < 1.29 is 26.6 Å². The maximum atomic E-state index is 14.2. The minimum Gasteiger partial charge on any atom is -0.379 e. The molecule has 2 saturated heterocycles. The van der Waals surface area contributed by atoms with Gasteiger partial charge in [0.2, 0.25) is 10.0 Å². The van der Waals surface area contributed by atoms with Crippen molar-refractivity contribution in [2.75, 3.05) is 68.8 Å². The Balaban J connectivity index is 0.953. The largest absolute Gasteiger partial charge is 0.379 e. The number of nitrogens with zero attached hydrogens (tertiary/aromatic N) is 7. The molecule has 0 bridgehead atoms. The monoisotopic (exact) mass is 968 g/mol. The first kappa shape index (κ1) is 46.3. The second kappa shape index (κ2) is 18.3. The molecule has 2 fully saturated rings. The van der Waals surface area contributed by atoms with Gasteiger partial charge in [-0.25, -0.2) is 35.8 Å². The number of halogens is 1. The molecule has 3 aromatic heterocycles. The molecular weight excluding hydrogens is 916 g/mol. The molecule has 1 amide bonds. The summed E-state index contributed by atoms with van der Waals surface area (Å²) in [7, 11) is -7.93. The number of nitro benzene ring substituents is 1. The minimum absolute atomic E-state index is 0.0389. The summed E-state index contributed by atoms with van der Waals surface area (Å²) in [5, 5.41) is 20.0. The molecule has 3 aromatic carbocycles. The van der Waals surface area contributed by atoms with Crippen LogP contribution in [0.3, 0.4) is 0 Å². The number of piperidine rings is 1. The van der Waals surface area contributed by atoms with E-state index in [1.54, 1.807) is 23.1 Å². The highest BCUT2D eigenvalue weighted by atomic mass is 35.5. The summed E-state index contributed by atoms with van der Waals surface area (Å²) in [4.78, 5) is 39.1. The van der Waals surface area contributed by atoms with Gasteiger partial charge in [0.05, 0.1) is 32.8 Å². The number of nitro groups is 1. The number of amides is 1. The molecule has 1 aliphatic carbocycles. The Kier molecular flexibility index (Phi) is 12.7. The van der Waals surface area contributed by atoms with Crippen LogP contribution in [0.1, 0.15) is 61.9 Å². The normalized spacial score (nSPS) is 17.9.